The van der Waals surface area contributed by atoms with E-state index < -0.39 is 17.6 Å². The molecular weight excluding hydrogens is 432 g/mol. The van der Waals surface area contributed by atoms with Gasteiger partial charge in [-0.15, -0.1) is 0 Å². The van der Waals surface area contributed by atoms with Gasteiger partial charge in [-0.25, -0.2) is 4.39 Å². The first kappa shape index (κ1) is 23.7. The highest BCUT2D eigenvalue weighted by molar-refractivity contribution is 5.84. The van der Waals surface area contributed by atoms with Crippen LogP contribution in [0.25, 0.3) is 0 Å². The number of alkyl halides is 3. The van der Waals surface area contributed by atoms with Crippen molar-refractivity contribution in [1.29, 1.82) is 0 Å². The second kappa shape index (κ2) is 9.45. The Balaban J connectivity index is 1.40. The first-order valence-electron chi connectivity index (χ1n) is 11.6. The zero-order valence-corrected chi connectivity index (χ0v) is 18.9. The lowest BCUT2D eigenvalue weighted by molar-refractivity contribution is -0.140. The maximum absolute atomic E-state index is 13.6. The summed E-state index contributed by atoms with van der Waals surface area (Å²) in [6.07, 6.45) is -2.80. The third kappa shape index (κ3) is 5.24. The van der Waals surface area contributed by atoms with Gasteiger partial charge in [-0.3, -0.25) is 9.69 Å². The second-order valence-electron chi connectivity index (χ2n) is 9.75. The number of fused-ring (bicyclic) bond motifs is 1. The molecule has 1 unspecified atom stereocenters. The molecule has 1 aliphatic heterocycles. The van der Waals surface area contributed by atoms with Crippen LogP contribution in [0.4, 0.5) is 17.6 Å². The first-order valence-corrected chi connectivity index (χ1v) is 11.6. The lowest BCUT2D eigenvalue weighted by atomic mass is 9.87. The monoisotopic (exact) mass is 462 g/mol. The minimum absolute atomic E-state index is 0.0358. The van der Waals surface area contributed by atoms with E-state index >= 15 is 0 Å². The summed E-state index contributed by atoms with van der Waals surface area (Å²) in [4.78, 5) is 15.3. The molecule has 1 N–H and O–H groups in total. The fraction of sp³-hybridized carbons (Fsp3) is 0.500. The number of carbonyl (C=O) groups excluding carboxylic acids is 1. The van der Waals surface area contributed by atoms with Crippen molar-refractivity contribution in [3.8, 4) is 0 Å². The van der Waals surface area contributed by atoms with Crippen molar-refractivity contribution in [1.82, 2.24) is 10.2 Å². The zero-order valence-electron chi connectivity index (χ0n) is 18.9. The van der Waals surface area contributed by atoms with Crippen molar-refractivity contribution >= 4 is 5.91 Å². The highest BCUT2D eigenvalue weighted by atomic mass is 19.4. The van der Waals surface area contributed by atoms with E-state index in [1.165, 1.54) is 6.07 Å². The Kier molecular flexibility index (Phi) is 6.80. The lowest BCUT2D eigenvalue weighted by Gasteiger charge is -2.26. The molecule has 1 amide bonds. The Labute approximate surface area is 192 Å². The Morgan fingerprint density at radius 2 is 1.82 bits per heavy atom. The summed E-state index contributed by atoms with van der Waals surface area (Å²) in [6.45, 7) is 5.93. The van der Waals surface area contributed by atoms with E-state index in [1.807, 2.05) is 44.2 Å². The van der Waals surface area contributed by atoms with Crippen molar-refractivity contribution in [3.63, 3.8) is 0 Å². The van der Waals surface area contributed by atoms with E-state index in [4.69, 9.17) is 0 Å². The second-order valence-corrected chi connectivity index (χ2v) is 9.75. The van der Waals surface area contributed by atoms with E-state index in [9.17, 15) is 22.4 Å². The van der Waals surface area contributed by atoms with Crippen LogP contribution in [0.15, 0.2) is 48.5 Å². The summed E-state index contributed by atoms with van der Waals surface area (Å²) in [5, 5.41) is 3.29. The van der Waals surface area contributed by atoms with Crippen molar-refractivity contribution in [2.45, 2.75) is 51.4 Å². The van der Waals surface area contributed by atoms with Crippen molar-refractivity contribution in [2.75, 3.05) is 13.1 Å². The maximum Gasteiger partial charge on any atom is 0.419 e. The molecule has 1 aliphatic carbocycles. The summed E-state index contributed by atoms with van der Waals surface area (Å²) in [6, 6.07) is 13.1. The smallest absolute Gasteiger partial charge is 0.352 e. The number of carbonyl (C=O) groups is 1. The Morgan fingerprint density at radius 1 is 1.09 bits per heavy atom. The van der Waals surface area contributed by atoms with Crippen LogP contribution in [0.1, 0.15) is 49.3 Å². The van der Waals surface area contributed by atoms with Gasteiger partial charge in [0.05, 0.1) is 11.5 Å². The predicted molar refractivity (Wildman–Crippen MR) is 119 cm³/mol. The quantitative estimate of drug-likeness (QED) is 0.566. The number of nitrogens with zero attached hydrogens (tertiary/aromatic N) is 1. The molecule has 1 heterocycles. The molecule has 178 valence electrons. The highest BCUT2D eigenvalue weighted by Crippen LogP contribution is 2.40. The van der Waals surface area contributed by atoms with E-state index in [0.29, 0.717) is 24.6 Å². The van der Waals surface area contributed by atoms with Gasteiger partial charge in [0.2, 0.25) is 5.91 Å². The topological polar surface area (TPSA) is 32.3 Å². The minimum Gasteiger partial charge on any atom is -0.352 e. The summed E-state index contributed by atoms with van der Waals surface area (Å²) in [5.74, 6) is -0.583. The molecule has 0 spiro atoms. The van der Waals surface area contributed by atoms with Crippen molar-refractivity contribution < 1.29 is 22.4 Å². The number of amides is 1. The van der Waals surface area contributed by atoms with Crippen LogP contribution in [-0.4, -0.2) is 29.9 Å². The minimum atomic E-state index is -4.71. The van der Waals surface area contributed by atoms with Crippen LogP contribution in [0.3, 0.4) is 0 Å². The van der Waals surface area contributed by atoms with E-state index in [0.717, 1.165) is 37.1 Å². The molecule has 2 fully saturated rings. The van der Waals surface area contributed by atoms with E-state index in [1.54, 1.807) is 0 Å². The number of benzene rings is 2. The van der Waals surface area contributed by atoms with Crippen molar-refractivity contribution in [3.05, 3.63) is 71.0 Å². The van der Waals surface area contributed by atoms with E-state index in [-0.39, 0.29) is 29.7 Å². The molecule has 2 aliphatic rings. The van der Waals surface area contributed by atoms with Gasteiger partial charge < -0.3 is 5.32 Å². The summed E-state index contributed by atoms with van der Waals surface area (Å²) in [5.41, 5.74) is 0.239. The van der Waals surface area contributed by atoms with Gasteiger partial charge in [0.1, 0.15) is 5.82 Å². The molecule has 4 rings (SSSR count). The molecule has 3 nitrogen and oxygen atoms in total. The van der Waals surface area contributed by atoms with Crippen molar-refractivity contribution in [2.24, 2.45) is 17.8 Å². The molecule has 2 aromatic carbocycles. The average Bonchev–Trinajstić information content (AvgIpc) is 3.30. The van der Waals surface area contributed by atoms with Crippen LogP contribution in [-0.2, 0) is 17.5 Å². The lowest BCUT2D eigenvalue weighted by Crippen LogP contribution is -2.43. The van der Waals surface area contributed by atoms with Gasteiger partial charge in [-0.2, -0.15) is 13.2 Å². The highest BCUT2D eigenvalue weighted by Gasteiger charge is 2.44. The van der Waals surface area contributed by atoms with Gasteiger partial charge in [-0.1, -0.05) is 50.2 Å². The summed E-state index contributed by atoms with van der Waals surface area (Å²) < 4.78 is 52.8. The number of likely N-dealkylation sites (tertiary alicyclic amines) is 1. The number of nitrogens with one attached hydrogen (secondary N) is 1. The number of rotatable bonds is 6. The maximum atomic E-state index is 13.6. The fourth-order valence-electron chi connectivity index (χ4n) is 5.58. The fourth-order valence-corrected chi connectivity index (χ4v) is 5.58. The zero-order chi connectivity index (χ0) is 23.8. The number of halogens is 4. The molecule has 0 bridgehead atoms. The molecule has 0 aromatic heterocycles. The van der Waals surface area contributed by atoms with Crippen LogP contribution in [0.2, 0.25) is 0 Å². The molecular formula is C26H30F4N2O. The molecule has 33 heavy (non-hydrogen) atoms. The van der Waals surface area contributed by atoms with Crippen LogP contribution in [0.5, 0.6) is 0 Å². The van der Waals surface area contributed by atoms with Gasteiger partial charge in [0.15, 0.2) is 0 Å². The first-order chi connectivity index (χ1) is 15.6. The summed E-state index contributed by atoms with van der Waals surface area (Å²) >= 11 is 0. The SMILES string of the molecule is CC(C)C(C(=O)N[C@H]1CC[C@@H]2CN(Cc3ccc(F)c(C(F)(F)F)c3)C[C@@H]21)c1ccccc1. The van der Waals surface area contributed by atoms with Crippen LogP contribution < -0.4 is 5.32 Å². The van der Waals surface area contributed by atoms with Gasteiger partial charge in [0.25, 0.3) is 0 Å². The third-order valence-electron chi connectivity index (χ3n) is 7.11. The molecule has 0 radical (unpaired) electrons. The molecule has 7 heteroatoms. The van der Waals surface area contributed by atoms with Crippen LogP contribution in [0, 0.1) is 23.6 Å². The number of hydrogen-bond donors (Lipinski definition) is 1. The van der Waals surface area contributed by atoms with Crippen LogP contribution >= 0.6 is 0 Å². The Hall–Kier alpha value is -2.41. The molecule has 2 aromatic rings. The third-order valence-corrected chi connectivity index (χ3v) is 7.11. The van der Waals surface area contributed by atoms with E-state index in [2.05, 4.69) is 10.2 Å². The van der Waals surface area contributed by atoms with Gasteiger partial charge in [0, 0.05) is 25.7 Å². The normalized spacial score (nSPS) is 24.2. The predicted octanol–water partition coefficient (Wildman–Crippen LogP) is 5.61. The largest absolute Gasteiger partial charge is 0.419 e. The molecule has 1 saturated heterocycles. The number of hydrogen-bond acceptors (Lipinski definition) is 2. The molecule has 4 atom stereocenters. The summed E-state index contributed by atoms with van der Waals surface area (Å²) in [7, 11) is 0. The standard InChI is InChI=1S/C26H30F4N2O/c1-16(2)24(18-6-4-3-5-7-18)25(33)31-23-11-9-19-14-32(15-20(19)23)13-17-8-10-22(27)21(12-17)26(28,29)30/h3-8,10,12,16,19-20,23-24H,9,11,13-15H2,1-2H3,(H,31,33)/t19-,20+,23+,24?/m1/s1. The van der Waals surface area contributed by atoms with Gasteiger partial charge in [-0.05, 0) is 53.9 Å². The average molecular weight is 463 g/mol. The Bertz CT molecular complexity index is 976. The van der Waals surface area contributed by atoms with Gasteiger partial charge >= 0.3 is 6.18 Å². The Morgan fingerprint density at radius 3 is 2.48 bits per heavy atom. The molecule has 1 saturated carbocycles.